The van der Waals surface area contributed by atoms with Crippen LogP contribution in [0.15, 0.2) is 89.0 Å². The SMILES string of the molecule is Cc1[nH]n(-c2ccccc2)c(=O)c1/C=N\NC(=O)c1ccccc1-n1cccc1. The summed E-state index contributed by atoms with van der Waals surface area (Å²) in [6.07, 6.45) is 5.10. The third-order valence-electron chi connectivity index (χ3n) is 4.52. The summed E-state index contributed by atoms with van der Waals surface area (Å²) in [7, 11) is 0. The second-order valence-electron chi connectivity index (χ2n) is 6.43. The van der Waals surface area contributed by atoms with Gasteiger partial charge in [-0.25, -0.2) is 10.1 Å². The molecule has 0 aliphatic rings. The highest BCUT2D eigenvalue weighted by Crippen LogP contribution is 2.14. The monoisotopic (exact) mass is 385 g/mol. The van der Waals surface area contributed by atoms with E-state index in [1.165, 1.54) is 10.9 Å². The van der Waals surface area contributed by atoms with Crippen molar-refractivity contribution in [2.24, 2.45) is 5.10 Å². The lowest BCUT2D eigenvalue weighted by molar-refractivity contribution is 0.0955. The topological polar surface area (TPSA) is 84.2 Å². The molecule has 2 aromatic carbocycles. The number of carbonyl (C=O) groups is 1. The van der Waals surface area contributed by atoms with E-state index in [9.17, 15) is 9.59 Å². The first-order chi connectivity index (χ1) is 14.1. The number of nitrogens with one attached hydrogen (secondary N) is 2. The van der Waals surface area contributed by atoms with Gasteiger partial charge < -0.3 is 4.57 Å². The number of rotatable bonds is 5. The number of para-hydroxylation sites is 2. The van der Waals surface area contributed by atoms with Gasteiger partial charge in [-0.2, -0.15) is 5.10 Å². The molecule has 0 bridgehead atoms. The second kappa shape index (κ2) is 7.85. The molecule has 0 radical (unpaired) electrons. The fourth-order valence-corrected chi connectivity index (χ4v) is 3.07. The molecule has 4 aromatic rings. The molecule has 0 saturated heterocycles. The molecule has 2 heterocycles. The van der Waals surface area contributed by atoms with E-state index in [0.29, 0.717) is 16.8 Å². The van der Waals surface area contributed by atoms with E-state index in [2.05, 4.69) is 15.6 Å². The van der Waals surface area contributed by atoms with Crippen LogP contribution < -0.4 is 11.0 Å². The highest BCUT2D eigenvalue weighted by Gasteiger charge is 2.13. The number of nitrogens with zero attached hydrogens (tertiary/aromatic N) is 3. The number of carbonyl (C=O) groups excluding carboxylic acids is 1. The third-order valence-corrected chi connectivity index (χ3v) is 4.52. The fourth-order valence-electron chi connectivity index (χ4n) is 3.07. The van der Waals surface area contributed by atoms with E-state index in [4.69, 9.17) is 0 Å². The normalized spacial score (nSPS) is 11.1. The molecule has 0 aliphatic carbocycles. The summed E-state index contributed by atoms with van der Waals surface area (Å²) in [5, 5.41) is 7.03. The van der Waals surface area contributed by atoms with Gasteiger partial charge in [-0.1, -0.05) is 30.3 Å². The van der Waals surface area contributed by atoms with Crippen LogP contribution in [0.25, 0.3) is 11.4 Å². The molecular weight excluding hydrogens is 366 g/mol. The van der Waals surface area contributed by atoms with Crippen LogP contribution in [-0.2, 0) is 0 Å². The van der Waals surface area contributed by atoms with E-state index in [-0.39, 0.29) is 11.5 Å². The minimum Gasteiger partial charge on any atom is -0.323 e. The van der Waals surface area contributed by atoms with Crippen molar-refractivity contribution < 1.29 is 4.79 Å². The molecule has 0 fully saturated rings. The highest BCUT2D eigenvalue weighted by atomic mass is 16.2. The lowest BCUT2D eigenvalue weighted by Gasteiger charge is -2.08. The summed E-state index contributed by atoms with van der Waals surface area (Å²) in [5.41, 5.74) is 5.26. The number of hydrogen-bond acceptors (Lipinski definition) is 3. The number of hydrazone groups is 1. The first-order valence-corrected chi connectivity index (χ1v) is 9.08. The number of amides is 1. The number of benzene rings is 2. The Bertz CT molecular complexity index is 1220. The molecule has 2 N–H and O–H groups in total. The Morgan fingerprint density at radius 1 is 1.00 bits per heavy atom. The van der Waals surface area contributed by atoms with E-state index in [0.717, 1.165) is 11.4 Å². The van der Waals surface area contributed by atoms with Crippen LogP contribution in [0.5, 0.6) is 0 Å². The van der Waals surface area contributed by atoms with Crippen molar-refractivity contribution in [3.05, 3.63) is 106 Å². The molecule has 4 rings (SSSR count). The molecule has 0 saturated carbocycles. The summed E-state index contributed by atoms with van der Waals surface area (Å²) in [6, 6.07) is 20.3. The summed E-state index contributed by atoms with van der Waals surface area (Å²) >= 11 is 0. The number of H-pyrrole nitrogens is 1. The third kappa shape index (κ3) is 3.66. The molecule has 0 aliphatic heterocycles. The smallest absolute Gasteiger partial charge is 0.280 e. The van der Waals surface area contributed by atoms with E-state index in [1.54, 1.807) is 19.1 Å². The number of aryl methyl sites for hydroxylation is 1. The number of hydrogen-bond donors (Lipinski definition) is 2. The molecular formula is C22H19N5O2. The van der Waals surface area contributed by atoms with Gasteiger partial charge in [0.15, 0.2) is 0 Å². The van der Waals surface area contributed by atoms with Gasteiger partial charge in [-0.15, -0.1) is 0 Å². The number of aromatic nitrogens is 3. The van der Waals surface area contributed by atoms with E-state index >= 15 is 0 Å². The van der Waals surface area contributed by atoms with Crippen LogP contribution in [0.4, 0.5) is 0 Å². The lowest BCUT2D eigenvalue weighted by Crippen LogP contribution is -2.21. The maximum Gasteiger partial charge on any atom is 0.280 e. The summed E-state index contributed by atoms with van der Waals surface area (Å²) in [4.78, 5) is 25.3. The van der Waals surface area contributed by atoms with Gasteiger partial charge in [0.05, 0.1) is 28.7 Å². The predicted molar refractivity (Wildman–Crippen MR) is 112 cm³/mol. The van der Waals surface area contributed by atoms with E-state index in [1.807, 2.05) is 71.6 Å². The minimum atomic E-state index is -0.359. The zero-order chi connectivity index (χ0) is 20.2. The molecule has 29 heavy (non-hydrogen) atoms. The van der Waals surface area contributed by atoms with E-state index < -0.39 is 0 Å². The first-order valence-electron chi connectivity index (χ1n) is 9.08. The quantitative estimate of drug-likeness (QED) is 0.409. The van der Waals surface area contributed by atoms with Crippen LogP contribution in [0, 0.1) is 6.92 Å². The van der Waals surface area contributed by atoms with Gasteiger partial charge in [0.1, 0.15) is 0 Å². The zero-order valence-corrected chi connectivity index (χ0v) is 15.7. The molecule has 1 amide bonds. The van der Waals surface area contributed by atoms with Crippen molar-refractivity contribution in [1.82, 2.24) is 19.8 Å². The van der Waals surface area contributed by atoms with Crippen LogP contribution in [0.2, 0.25) is 0 Å². The summed E-state index contributed by atoms with van der Waals surface area (Å²) in [6.45, 7) is 1.78. The van der Waals surface area contributed by atoms with Crippen LogP contribution in [0.1, 0.15) is 21.6 Å². The Hall–Kier alpha value is -4.13. The number of aromatic amines is 1. The zero-order valence-electron chi connectivity index (χ0n) is 15.7. The van der Waals surface area contributed by atoms with Crippen LogP contribution in [0.3, 0.4) is 0 Å². The first kappa shape index (κ1) is 18.2. The maximum absolute atomic E-state index is 12.7. The molecule has 0 spiro atoms. The predicted octanol–water partition coefficient (Wildman–Crippen LogP) is 3.03. The maximum atomic E-state index is 12.7. The molecule has 7 nitrogen and oxygen atoms in total. The van der Waals surface area contributed by atoms with Crippen molar-refractivity contribution in [1.29, 1.82) is 0 Å². The lowest BCUT2D eigenvalue weighted by atomic mass is 10.1. The highest BCUT2D eigenvalue weighted by molar-refractivity contribution is 5.98. The van der Waals surface area contributed by atoms with Gasteiger partial charge in [0.25, 0.3) is 11.5 Å². The molecule has 2 aromatic heterocycles. The Morgan fingerprint density at radius 2 is 1.69 bits per heavy atom. The van der Waals surface area contributed by atoms with Gasteiger partial charge >= 0.3 is 0 Å². The average Bonchev–Trinajstić information content (AvgIpc) is 3.38. The van der Waals surface area contributed by atoms with Crippen molar-refractivity contribution in [2.75, 3.05) is 0 Å². The van der Waals surface area contributed by atoms with Crippen LogP contribution >= 0.6 is 0 Å². The minimum absolute atomic E-state index is 0.237. The Morgan fingerprint density at radius 3 is 2.45 bits per heavy atom. The molecule has 0 unspecified atom stereocenters. The standard InChI is InChI=1S/C22H19N5O2/c1-16-19(22(29)27(25-16)17-9-3-2-4-10-17)15-23-24-21(28)18-11-5-6-12-20(18)26-13-7-8-14-26/h2-15,25H,1H3,(H,24,28)/b23-15-. The van der Waals surface area contributed by atoms with Crippen molar-refractivity contribution in [3.8, 4) is 11.4 Å². The van der Waals surface area contributed by atoms with Gasteiger partial charge in [0, 0.05) is 18.1 Å². The van der Waals surface area contributed by atoms with Gasteiger partial charge in [0.2, 0.25) is 0 Å². The Balaban J connectivity index is 1.56. The second-order valence-corrected chi connectivity index (χ2v) is 6.43. The average molecular weight is 385 g/mol. The van der Waals surface area contributed by atoms with Crippen LogP contribution in [-0.4, -0.2) is 26.5 Å². The van der Waals surface area contributed by atoms with Crippen molar-refractivity contribution in [2.45, 2.75) is 6.92 Å². The summed E-state index contributed by atoms with van der Waals surface area (Å²) in [5.74, 6) is -0.359. The largest absolute Gasteiger partial charge is 0.323 e. The van der Waals surface area contributed by atoms with Gasteiger partial charge in [-0.05, 0) is 43.3 Å². The molecule has 0 atom stereocenters. The molecule has 144 valence electrons. The van der Waals surface area contributed by atoms with Crippen molar-refractivity contribution >= 4 is 12.1 Å². The Kier molecular flexibility index (Phi) is 4.94. The molecule has 7 heteroatoms. The fraction of sp³-hybridized carbons (Fsp3) is 0.0455. The van der Waals surface area contributed by atoms with Gasteiger partial charge in [-0.3, -0.25) is 14.7 Å². The Labute approximate surface area is 166 Å². The van der Waals surface area contributed by atoms with Crippen molar-refractivity contribution in [3.63, 3.8) is 0 Å². The summed E-state index contributed by atoms with van der Waals surface area (Å²) < 4.78 is 3.30.